The fourth-order valence-electron chi connectivity index (χ4n) is 5.35. The summed E-state index contributed by atoms with van der Waals surface area (Å²) in [6.07, 6.45) is 27.9. The third-order valence-corrected chi connectivity index (χ3v) is 9.08. The van der Waals surface area contributed by atoms with Gasteiger partial charge in [0.2, 0.25) is 0 Å². The Balaban J connectivity index is 2.96. The normalized spacial score (nSPS) is 13.9. The largest absolute Gasteiger partial charge is 0.223 e. The molecule has 0 saturated heterocycles. The van der Waals surface area contributed by atoms with Crippen molar-refractivity contribution in [3.63, 3.8) is 0 Å². The van der Waals surface area contributed by atoms with Crippen LogP contribution in [-0.4, -0.2) is 9.36 Å². The number of hydrogen-bond acceptors (Lipinski definition) is 3. The summed E-state index contributed by atoms with van der Waals surface area (Å²) in [4.78, 5) is 5.37. The van der Waals surface area contributed by atoms with E-state index in [4.69, 9.17) is 9.36 Å². The lowest BCUT2D eigenvalue weighted by molar-refractivity contribution is 0.338. The van der Waals surface area contributed by atoms with Crippen molar-refractivity contribution in [1.29, 1.82) is 0 Å². The molecule has 1 atom stereocenters. The van der Waals surface area contributed by atoms with Crippen LogP contribution < -0.4 is 0 Å². The van der Waals surface area contributed by atoms with Crippen LogP contribution in [-0.2, 0) is 10.8 Å². The molecule has 1 heterocycles. The minimum absolute atomic E-state index is 0.153. The van der Waals surface area contributed by atoms with Crippen LogP contribution in [0.25, 0.3) is 0 Å². The molecule has 0 aliphatic rings. The van der Waals surface area contributed by atoms with Gasteiger partial charge in [-0.15, -0.1) is 0 Å². The van der Waals surface area contributed by atoms with E-state index in [0.717, 1.165) is 0 Å². The van der Waals surface area contributed by atoms with Crippen molar-refractivity contribution in [2.75, 3.05) is 0 Å². The zero-order valence-corrected chi connectivity index (χ0v) is 25.0. The lowest BCUT2D eigenvalue weighted by Gasteiger charge is -2.29. The maximum Gasteiger partial charge on any atom is 0.148 e. The molecule has 34 heavy (non-hydrogen) atoms. The second-order valence-electron chi connectivity index (χ2n) is 11.6. The Bertz CT molecular complexity index is 584. The average molecular weight is 493 g/mol. The van der Waals surface area contributed by atoms with E-state index in [9.17, 15) is 0 Å². The van der Waals surface area contributed by atoms with E-state index in [2.05, 4.69) is 41.5 Å². The van der Waals surface area contributed by atoms with Crippen LogP contribution >= 0.6 is 11.5 Å². The van der Waals surface area contributed by atoms with Gasteiger partial charge in [0.25, 0.3) is 0 Å². The molecule has 0 spiro atoms. The zero-order valence-electron chi connectivity index (χ0n) is 24.2. The Hall–Kier alpha value is -0.440. The third kappa shape index (κ3) is 12.0. The topological polar surface area (TPSA) is 25.8 Å². The van der Waals surface area contributed by atoms with Crippen LogP contribution in [0.3, 0.4) is 0 Å². The van der Waals surface area contributed by atoms with Crippen LogP contribution in [0.4, 0.5) is 0 Å². The summed E-state index contributed by atoms with van der Waals surface area (Å²) < 4.78 is 5.09. The van der Waals surface area contributed by atoms with Crippen molar-refractivity contribution >= 4 is 11.5 Å². The molecule has 0 amide bonds. The highest BCUT2D eigenvalue weighted by molar-refractivity contribution is 7.05. The molecule has 0 saturated carbocycles. The van der Waals surface area contributed by atoms with E-state index in [-0.39, 0.29) is 10.8 Å². The Morgan fingerprint density at radius 2 is 0.853 bits per heavy atom. The van der Waals surface area contributed by atoms with E-state index in [1.165, 1.54) is 146 Å². The summed E-state index contributed by atoms with van der Waals surface area (Å²) in [6.45, 7) is 14.2. The number of nitrogens with zero attached hydrogens (tertiary/aromatic N) is 2. The summed E-state index contributed by atoms with van der Waals surface area (Å²) >= 11 is 1.74. The molecular weight excluding hydrogens is 432 g/mol. The van der Waals surface area contributed by atoms with Crippen molar-refractivity contribution in [2.45, 2.75) is 187 Å². The molecule has 0 bridgehead atoms. The molecule has 1 unspecified atom stereocenters. The van der Waals surface area contributed by atoms with E-state index in [0.29, 0.717) is 0 Å². The average Bonchev–Trinajstić information content (AvgIpc) is 3.35. The van der Waals surface area contributed by atoms with Crippen LogP contribution in [0.1, 0.15) is 187 Å². The molecule has 1 aromatic heterocycles. The quantitative estimate of drug-likeness (QED) is 0.142. The summed E-state index contributed by atoms with van der Waals surface area (Å²) in [7, 11) is 0. The van der Waals surface area contributed by atoms with Crippen LogP contribution in [0.15, 0.2) is 0 Å². The maximum absolute atomic E-state index is 5.37. The maximum atomic E-state index is 5.37. The summed E-state index contributed by atoms with van der Waals surface area (Å²) in [5.74, 6) is 1.17. The van der Waals surface area contributed by atoms with E-state index >= 15 is 0 Å². The molecule has 0 aliphatic carbocycles. The lowest BCUT2D eigenvalue weighted by atomic mass is 9.78. The van der Waals surface area contributed by atoms with E-state index < -0.39 is 0 Å². The Kier molecular flexibility index (Phi) is 17.4. The van der Waals surface area contributed by atoms with Gasteiger partial charge in [-0.05, 0) is 37.2 Å². The fraction of sp³-hybridized carbons (Fsp3) is 0.935. The molecule has 0 fully saturated rings. The zero-order chi connectivity index (χ0) is 25.1. The van der Waals surface area contributed by atoms with Gasteiger partial charge in [0, 0.05) is 10.8 Å². The summed E-state index contributed by atoms with van der Waals surface area (Å²) in [5, 5.41) is 1.33. The number of rotatable bonds is 23. The number of aromatic nitrogens is 2. The van der Waals surface area contributed by atoms with Gasteiger partial charge in [-0.2, -0.15) is 4.37 Å². The minimum Gasteiger partial charge on any atom is -0.223 e. The number of hydrogen-bond donors (Lipinski definition) is 0. The first kappa shape index (κ1) is 31.6. The molecule has 200 valence electrons. The summed E-state index contributed by atoms with van der Waals surface area (Å²) in [5.41, 5.74) is 0.363. The van der Waals surface area contributed by atoms with Gasteiger partial charge in [0.1, 0.15) is 10.8 Å². The highest BCUT2D eigenvalue weighted by atomic mass is 32.1. The molecule has 2 nitrogen and oxygen atoms in total. The molecule has 3 heteroatoms. The van der Waals surface area contributed by atoms with Gasteiger partial charge in [0.15, 0.2) is 0 Å². The first-order valence-electron chi connectivity index (χ1n) is 15.3. The summed E-state index contributed by atoms with van der Waals surface area (Å²) in [6, 6.07) is 0. The van der Waals surface area contributed by atoms with Crippen molar-refractivity contribution < 1.29 is 0 Å². The number of unbranched alkanes of at least 4 members (excludes halogenated alkanes) is 13. The molecule has 0 aliphatic heterocycles. The van der Waals surface area contributed by atoms with Gasteiger partial charge in [0.05, 0.1) is 0 Å². The highest BCUT2D eigenvalue weighted by Gasteiger charge is 2.35. The highest BCUT2D eigenvalue weighted by Crippen LogP contribution is 2.40. The van der Waals surface area contributed by atoms with Crippen LogP contribution in [0.5, 0.6) is 0 Å². The fourth-order valence-corrected chi connectivity index (χ4v) is 6.33. The first-order valence-corrected chi connectivity index (χ1v) is 16.1. The van der Waals surface area contributed by atoms with Crippen LogP contribution in [0.2, 0.25) is 0 Å². The Morgan fingerprint density at radius 3 is 1.26 bits per heavy atom. The van der Waals surface area contributed by atoms with Crippen molar-refractivity contribution in [2.24, 2.45) is 0 Å². The van der Waals surface area contributed by atoms with Gasteiger partial charge in [-0.25, -0.2) is 4.98 Å². The molecular formula is C31H60N2S. The first-order chi connectivity index (χ1) is 16.5. The molecule has 0 N–H and O–H groups in total. The minimum atomic E-state index is 0.153. The Labute approximate surface area is 218 Å². The van der Waals surface area contributed by atoms with Crippen LogP contribution in [0, 0.1) is 0 Å². The van der Waals surface area contributed by atoms with Gasteiger partial charge >= 0.3 is 0 Å². The predicted molar refractivity (Wildman–Crippen MR) is 154 cm³/mol. The molecule has 1 aromatic rings. The van der Waals surface area contributed by atoms with Gasteiger partial charge in [-0.3, -0.25) is 0 Å². The van der Waals surface area contributed by atoms with Crippen molar-refractivity contribution in [3.05, 3.63) is 10.8 Å². The molecule has 0 aromatic carbocycles. The smallest absolute Gasteiger partial charge is 0.148 e. The predicted octanol–water partition coefficient (Wildman–Crippen LogP) is 11.3. The molecule has 1 rings (SSSR count). The van der Waals surface area contributed by atoms with Crippen molar-refractivity contribution in [1.82, 2.24) is 9.36 Å². The SMILES string of the molecule is CCCCCCCC(C)(CCCCCC)c1nsc(C(C)(CCCCCC)CCCCCC)n1. The van der Waals surface area contributed by atoms with E-state index in [1.807, 2.05) is 0 Å². The van der Waals surface area contributed by atoms with Gasteiger partial charge in [-0.1, -0.05) is 151 Å². The molecule has 0 radical (unpaired) electrons. The second-order valence-corrected chi connectivity index (χ2v) is 12.4. The second kappa shape index (κ2) is 18.8. The third-order valence-electron chi connectivity index (χ3n) is 8.06. The van der Waals surface area contributed by atoms with Crippen molar-refractivity contribution in [3.8, 4) is 0 Å². The monoisotopic (exact) mass is 492 g/mol. The van der Waals surface area contributed by atoms with Gasteiger partial charge < -0.3 is 0 Å². The Morgan fingerprint density at radius 1 is 0.500 bits per heavy atom. The van der Waals surface area contributed by atoms with E-state index in [1.54, 1.807) is 11.5 Å². The standard InChI is InChI=1S/C31H60N2S/c1-7-11-15-19-23-25-30(5,24-20-16-12-8-2)28-32-29(34-33-28)31(6,26-21-17-13-9-3)27-22-18-14-10-4/h7-27H2,1-6H3. The lowest BCUT2D eigenvalue weighted by Crippen LogP contribution is -2.26.